The van der Waals surface area contributed by atoms with Crippen molar-refractivity contribution in [2.75, 3.05) is 25.0 Å². The number of carbonyl (C=O) groups is 1. The minimum atomic E-state index is -0.538. The third-order valence-corrected chi connectivity index (χ3v) is 3.61. The number of hydrogen-bond acceptors (Lipinski definition) is 3. The number of halogens is 1. The van der Waals surface area contributed by atoms with Gasteiger partial charge in [-0.05, 0) is 31.2 Å². The average molecular weight is 279 g/mol. The van der Waals surface area contributed by atoms with E-state index in [0.29, 0.717) is 25.6 Å². The van der Waals surface area contributed by atoms with Crippen LogP contribution in [0.1, 0.15) is 43.5 Å². The summed E-state index contributed by atoms with van der Waals surface area (Å²) in [6.45, 7) is 6.18. The zero-order valence-corrected chi connectivity index (χ0v) is 12.2. The second-order valence-electron chi connectivity index (χ2n) is 5.45. The number of aromatic nitrogens is 1. The van der Waals surface area contributed by atoms with E-state index < -0.39 is 5.82 Å². The number of likely N-dealkylation sites (tertiary alicyclic amines) is 1. The largest absolute Gasteiger partial charge is 0.368 e. The fraction of sp³-hybridized carbons (Fsp3) is 0.600. The van der Waals surface area contributed by atoms with Crippen LogP contribution < -0.4 is 5.32 Å². The van der Waals surface area contributed by atoms with Crippen LogP contribution in [0.2, 0.25) is 0 Å². The first kappa shape index (κ1) is 14.8. The van der Waals surface area contributed by atoms with Crippen LogP contribution in [0.4, 0.5) is 10.2 Å². The van der Waals surface area contributed by atoms with E-state index >= 15 is 0 Å². The highest BCUT2D eigenvalue weighted by Gasteiger charge is 2.25. The number of nitrogens with zero attached hydrogens (tertiary/aromatic N) is 2. The first-order valence-electron chi connectivity index (χ1n) is 7.31. The van der Waals surface area contributed by atoms with Crippen molar-refractivity contribution in [2.24, 2.45) is 5.92 Å². The molecule has 1 saturated heterocycles. The molecular weight excluding hydrogens is 257 g/mol. The first-order valence-corrected chi connectivity index (χ1v) is 7.31. The van der Waals surface area contributed by atoms with Gasteiger partial charge in [-0.2, -0.15) is 0 Å². The maximum atomic E-state index is 14.3. The molecule has 0 aromatic carbocycles. The van der Waals surface area contributed by atoms with E-state index in [4.69, 9.17) is 0 Å². The van der Waals surface area contributed by atoms with Crippen LogP contribution in [0.5, 0.6) is 0 Å². The zero-order chi connectivity index (χ0) is 14.5. The van der Waals surface area contributed by atoms with Gasteiger partial charge in [0.05, 0.1) is 5.56 Å². The fourth-order valence-electron chi connectivity index (χ4n) is 2.52. The van der Waals surface area contributed by atoms with Gasteiger partial charge < -0.3 is 10.2 Å². The molecule has 2 rings (SSSR count). The highest BCUT2D eigenvalue weighted by atomic mass is 19.1. The second-order valence-corrected chi connectivity index (χ2v) is 5.45. The summed E-state index contributed by atoms with van der Waals surface area (Å²) in [5, 5.41) is 2.91. The van der Waals surface area contributed by atoms with E-state index in [1.807, 2.05) is 6.92 Å². The smallest absolute Gasteiger partial charge is 0.257 e. The summed E-state index contributed by atoms with van der Waals surface area (Å²) in [6.07, 6.45) is 4.48. The van der Waals surface area contributed by atoms with Gasteiger partial charge in [0, 0.05) is 25.8 Å². The van der Waals surface area contributed by atoms with E-state index in [1.165, 1.54) is 12.3 Å². The summed E-state index contributed by atoms with van der Waals surface area (Å²) in [7, 11) is 0. The highest BCUT2D eigenvalue weighted by molar-refractivity contribution is 5.95. The van der Waals surface area contributed by atoms with Crippen LogP contribution in [0.25, 0.3) is 0 Å². The van der Waals surface area contributed by atoms with Crippen molar-refractivity contribution in [3.05, 3.63) is 23.6 Å². The molecule has 1 atom stereocenters. The lowest BCUT2D eigenvalue weighted by molar-refractivity contribution is 0.0678. The maximum Gasteiger partial charge on any atom is 0.257 e. The van der Waals surface area contributed by atoms with Gasteiger partial charge in [-0.15, -0.1) is 0 Å². The number of nitrogens with one attached hydrogen (secondary N) is 1. The fourth-order valence-corrected chi connectivity index (χ4v) is 2.52. The monoisotopic (exact) mass is 279 g/mol. The highest BCUT2D eigenvalue weighted by Crippen LogP contribution is 2.21. The Morgan fingerprint density at radius 2 is 2.40 bits per heavy atom. The predicted molar refractivity (Wildman–Crippen MR) is 77.3 cm³/mol. The number of carbonyl (C=O) groups excluding carboxylic acids is 1. The van der Waals surface area contributed by atoms with Crippen LogP contribution in [0.15, 0.2) is 12.3 Å². The summed E-state index contributed by atoms with van der Waals surface area (Å²) in [6, 6.07) is 1.47. The Morgan fingerprint density at radius 1 is 1.60 bits per heavy atom. The van der Waals surface area contributed by atoms with Gasteiger partial charge in [0.25, 0.3) is 5.91 Å². The van der Waals surface area contributed by atoms with E-state index in [-0.39, 0.29) is 17.3 Å². The van der Waals surface area contributed by atoms with Gasteiger partial charge in [0.15, 0.2) is 11.6 Å². The number of pyridine rings is 1. The Hall–Kier alpha value is -1.65. The standard InChI is InChI=1S/C15H22FN3O/c1-3-7-17-14-13(16)12(6-8-18-14)15(20)19-9-4-5-11(2)10-19/h6,8,11H,3-5,7,9-10H2,1-2H3,(H,17,18). The quantitative estimate of drug-likeness (QED) is 0.921. The molecule has 0 radical (unpaired) electrons. The number of rotatable bonds is 4. The molecule has 0 saturated carbocycles. The number of piperidine rings is 1. The van der Waals surface area contributed by atoms with Crippen molar-refractivity contribution in [3.8, 4) is 0 Å². The number of hydrogen-bond donors (Lipinski definition) is 1. The van der Waals surface area contributed by atoms with Crippen LogP contribution >= 0.6 is 0 Å². The summed E-state index contributed by atoms with van der Waals surface area (Å²) >= 11 is 0. The molecule has 2 heterocycles. The number of amides is 1. The zero-order valence-electron chi connectivity index (χ0n) is 12.2. The Balaban J connectivity index is 2.17. The number of anilines is 1. The lowest BCUT2D eigenvalue weighted by Gasteiger charge is -2.31. The lowest BCUT2D eigenvalue weighted by Crippen LogP contribution is -2.39. The molecule has 0 aliphatic carbocycles. The van der Waals surface area contributed by atoms with Gasteiger partial charge in [-0.25, -0.2) is 9.37 Å². The van der Waals surface area contributed by atoms with Crippen LogP contribution in [0.3, 0.4) is 0 Å². The van der Waals surface area contributed by atoms with Crippen molar-refractivity contribution in [1.82, 2.24) is 9.88 Å². The summed E-state index contributed by atoms with van der Waals surface area (Å²) < 4.78 is 14.3. The van der Waals surface area contributed by atoms with Gasteiger partial charge >= 0.3 is 0 Å². The molecule has 1 aromatic rings. The first-order chi connectivity index (χ1) is 9.63. The molecule has 1 fully saturated rings. The summed E-state index contributed by atoms with van der Waals surface area (Å²) in [5.41, 5.74) is 0.118. The molecule has 0 bridgehead atoms. The van der Waals surface area contributed by atoms with Gasteiger partial charge in [0.2, 0.25) is 0 Å². The molecule has 1 unspecified atom stereocenters. The molecule has 20 heavy (non-hydrogen) atoms. The Kier molecular flexibility index (Phi) is 4.93. The van der Waals surface area contributed by atoms with Crippen LogP contribution in [-0.4, -0.2) is 35.4 Å². The Labute approximate surface area is 119 Å². The van der Waals surface area contributed by atoms with Gasteiger partial charge in [-0.3, -0.25) is 4.79 Å². The Bertz CT molecular complexity index is 478. The molecule has 1 aliphatic heterocycles. The van der Waals surface area contributed by atoms with Crippen LogP contribution in [-0.2, 0) is 0 Å². The van der Waals surface area contributed by atoms with E-state index in [9.17, 15) is 9.18 Å². The van der Waals surface area contributed by atoms with Crippen molar-refractivity contribution in [1.29, 1.82) is 0 Å². The van der Waals surface area contributed by atoms with Crippen molar-refractivity contribution in [3.63, 3.8) is 0 Å². The molecule has 0 spiro atoms. The molecule has 1 aliphatic rings. The molecule has 5 heteroatoms. The average Bonchev–Trinajstić information content (AvgIpc) is 2.45. The molecule has 110 valence electrons. The summed E-state index contributed by atoms with van der Waals surface area (Å²) in [5.74, 6) is -0.113. The SMILES string of the molecule is CCCNc1nccc(C(=O)N2CCCC(C)C2)c1F. The minimum Gasteiger partial charge on any atom is -0.368 e. The molecular formula is C15H22FN3O. The lowest BCUT2D eigenvalue weighted by atomic mass is 9.99. The van der Waals surface area contributed by atoms with E-state index in [2.05, 4.69) is 17.2 Å². The molecule has 1 N–H and O–H groups in total. The molecule has 4 nitrogen and oxygen atoms in total. The molecule has 1 aromatic heterocycles. The van der Waals surface area contributed by atoms with Crippen LogP contribution in [0, 0.1) is 11.7 Å². The van der Waals surface area contributed by atoms with Crippen molar-refractivity contribution < 1.29 is 9.18 Å². The van der Waals surface area contributed by atoms with E-state index in [0.717, 1.165) is 19.3 Å². The predicted octanol–water partition coefficient (Wildman–Crippen LogP) is 2.91. The Morgan fingerprint density at radius 3 is 3.10 bits per heavy atom. The maximum absolute atomic E-state index is 14.3. The van der Waals surface area contributed by atoms with Crippen molar-refractivity contribution >= 4 is 11.7 Å². The van der Waals surface area contributed by atoms with Gasteiger partial charge in [-0.1, -0.05) is 13.8 Å². The summed E-state index contributed by atoms with van der Waals surface area (Å²) in [4.78, 5) is 18.1. The topological polar surface area (TPSA) is 45.2 Å². The van der Waals surface area contributed by atoms with Gasteiger partial charge in [0.1, 0.15) is 0 Å². The van der Waals surface area contributed by atoms with E-state index in [1.54, 1.807) is 4.90 Å². The van der Waals surface area contributed by atoms with Crippen molar-refractivity contribution in [2.45, 2.75) is 33.1 Å². The third kappa shape index (κ3) is 3.26. The second kappa shape index (κ2) is 6.68. The minimum absolute atomic E-state index is 0.118. The normalized spacial score (nSPS) is 18.9. The molecule has 1 amide bonds. The third-order valence-electron chi connectivity index (χ3n) is 3.61.